The van der Waals surface area contributed by atoms with Gasteiger partial charge in [-0.3, -0.25) is 9.59 Å². The number of nitrogens with one attached hydrogen (secondary N) is 1. The maximum absolute atomic E-state index is 13.3. The largest absolute Gasteiger partial charge is 0.354 e. The molecule has 0 aliphatic carbocycles. The molecule has 1 aromatic carbocycles. The zero-order valence-corrected chi connectivity index (χ0v) is 16.4. The first-order chi connectivity index (χ1) is 12.4. The Morgan fingerprint density at radius 2 is 1.89 bits per heavy atom. The molecule has 27 heavy (non-hydrogen) atoms. The van der Waals surface area contributed by atoms with Crippen molar-refractivity contribution >= 4 is 11.7 Å². The van der Waals surface area contributed by atoms with Crippen molar-refractivity contribution in [2.75, 3.05) is 13.2 Å². The molecule has 2 atom stereocenters. The lowest BCUT2D eigenvalue weighted by atomic mass is 9.85. The van der Waals surface area contributed by atoms with Crippen molar-refractivity contribution in [3.63, 3.8) is 0 Å². The Morgan fingerprint density at radius 3 is 2.52 bits per heavy atom. The van der Waals surface area contributed by atoms with Crippen LogP contribution in [-0.4, -0.2) is 36.7 Å². The number of rotatable bonds is 6. The van der Waals surface area contributed by atoms with E-state index in [1.54, 1.807) is 20.8 Å². The third kappa shape index (κ3) is 5.56. The van der Waals surface area contributed by atoms with E-state index in [4.69, 9.17) is 9.47 Å². The Bertz CT molecular complexity index is 718. The molecular weight excluding hydrogens is 356 g/mol. The number of hydrogen-bond donors (Lipinski definition) is 1. The molecule has 1 saturated heterocycles. The van der Waals surface area contributed by atoms with E-state index in [0.717, 1.165) is 12.1 Å². The van der Waals surface area contributed by atoms with Crippen LogP contribution < -0.4 is 5.32 Å². The first-order valence-corrected chi connectivity index (χ1v) is 8.99. The number of carbonyl (C=O) groups is 2. The van der Waals surface area contributed by atoms with Crippen molar-refractivity contribution in [2.45, 2.75) is 52.9 Å². The molecular formula is C20H27F2NO4. The molecule has 1 aromatic rings. The summed E-state index contributed by atoms with van der Waals surface area (Å²) in [4.78, 5) is 24.8. The zero-order valence-electron chi connectivity index (χ0n) is 16.4. The smallest absolute Gasteiger partial charge is 0.249 e. The van der Waals surface area contributed by atoms with Crippen LogP contribution in [0.2, 0.25) is 0 Å². The van der Waals surface area contributed by atoms with Crippen molar-refractivity contribution in [3.8, 4) is 0 Å². The minimum atomic E-state index is -1.05. The van der Waals surface area contributed by atoms with Gasteiger partial charge in [0.15, 0.2) is 23.2 Å². The molecule has 1 heterocycles. The summed E-state index contributed by atoms with van der Waals surface area (Å²) in [6.07, 6.45) is -0.565. The Balaban J connectivity index is 1.90. The number of halogens is 2. The number of ether oxygens (including phenoxy) is 2. The van der Waals surface area contributed by atoms with E-state index in [0.29, 0.717) is 6.61 Å². The molecule has 150 valence electrons. The summed E-state index contributed by atoms with van der Waals surface area (Å²) in [5.41, 5.74) is -0.368. The second kappa shape index (κ2) is 8.02. The van der Waals surface area contributed by atoms with E-state index >= 15 is 0 Å². The lowest BCUT2D eigenvalue weighted by Crippen LogP contribution is -2.56. The number of Topliss-reactive ketones (excluding diaryl/α,β-unsaturated/α-hetero) is 1. The second-order valence-corrected chi connectivity index (χ2v) is 8.28. The van der Waals surface area contributed by atoms with Crippen molar-refractivity contribution in [1.82, 2.24) is 5.32 Å². The average Bonchev–Trinajstić information content (AvgIpc) is 2.57. The van der Waals surface area contributed by atoms with Gasteiger partial charge in [-0.05, 0) is 38.0 Å². The number of ketones is 1. The molecule has 7 heteroatoms. The van der Waals surface area contributed by atoms with Crippen LogP contribution in [0.25, 0.3) is 0 Å². The van der Waals surface area contributed by atoms with Crippen LogP contribution in [0.4, 0.5) is 8.78 Å². The Kier molecular flexibility index (Phi) is 6.37. The highest BCUT2D eigenvalue weighted by atomic mass is 19.2. The molecule has 1 amide bonds. The van der Waals surface area contributed by atoms with Gasteiger partial charge in [0, 0.05) is 23.9 Å². The summed E-state index contributed by atoms with van der Waals surface area (Å²) in [6, 6.07) is 3.08. The molecule has 0 radical (unpaired) electrons. The van der Waals surface area contributed by atoms with Gasteiger partial charge in [-0.2, -0.15) is 0 Å². The molecule has 1 aliphatic rings. The van der Waals surface area contributed by atoms with E-state index in [9.17, 15) is 18.4 Å². The zero-order chi connectivity index (χ0) is 20.4. The molecule has 1 N–H and O–H groups in total. The van der Waals surface area contributed by atoms with Gasteiger partial charge in [0.2, 0.25) is 5.91 Å². The molecule has 0 bridgehead atoms. The Hall–Kier alpha value is -1.86. The predicted octanol–water partition coefficient (Wildman–Crippen LogP) is 3.47. The van der Waals surface area contributed by atoms with Crippen LogP contribution in [0.3, 0.4) is 0 Å². The first kappa shape index (κ1) is 21.4. The summed E-state index contributed by atoms with van der Waals surface area (Å²) >= 11 is 0. The Labute approximate surface area is 158 Å². The van der Waals surface area contributed by atoms with Crippen LogP contribution in [0, 0.1) is 23.0 Å². The predicted molar refractivity (Wildman–Crippen MR) is 96.2 cm³/mol. The molecule has 1 fully saturated rings. The maximum atomic E-state index is 13.3. The quantitative estimate of drug-likeness (QED) is 0.764. The van der Waals surface area contributed by atoms with Crippen LogP contribution in [0.5, 0.6) is 0 Å². The fourth-order valence-electron chi connectivity index (χ4n) is 2.86. The summed E-state index contributed by atoms with van der Waals surface area (Å²) in [6.45, 7) is 9.76. The molecule has 0 unspecified atom stereocenters. The highest BCUT2D eigenvalue weighted by Crippen LogP contribution is 2.34. The lowest BCUT2D eigenvalue weighted by molar-refractivity contribution is -0.304. The van der Waals surface area contributed by atoms with Gasteiger partial charge in [0.25, 0.3) is 0 Å². The highest BCUT2D eigenvalue weighted by Gasteiger charge is 2.45. The molecule has 5 nitrogen and oxygen atoms in total. The third-order valence-electron chi connectivity index (χ3n) is 4.54. The summed E-state index contributed by atoms with van der Waals surface area (Å²) in [7, 11) is 0. The van der Waals surface area contributed by atoms with Crippen molar-refractivity contribution in [2.24, 2.45) is 11.3 Å². The highest BCUT2D eigenvalue weighted by molar-refractivity contribution is 5.96. The monoisotopic (exact) mass is 383 g/mol. The van der Waals surface area contributed by atoms with E-state index in [2.05, 4.69) is 5.32 Å². The van der Waals surface area contributed by atoms with Crippen LogP contribution >= 0.6 is 0 Å². The first-order valence-electron chi connectivity index (χ1n) is 8.99. The number of carbonyl (C=O) groups excluding carboxylic acids is 2. The number of amides is 1. The standard InChI is InChI=1S/C20H27F2NO4/c1-12(8-16(24)13-6-7-14(21)15(22)9-13)10-23-18(25)17-19(2,3)11-26-20(4,5)27-17/h6-7,9,12,17H,8,10-11H2,1-5H3,(H,23,25)/t12-,17+/m1/s1. The van der Waals surface area contributed by atoms with Crippen LogP contribution in [-0.2, 0) is 14.3 Å². The van der Waals surface area contributed by atoms with Crippen LogP contribution in [0.1, 0.15) is 51.4 Å². The minimum Gasteiger partial charge on any atom is -0.354 e. The third-order valence-corrected chi connectivity index (χ3v) is 4.54. The van der Waals surface area contributed by atoms with Gasteiger partial charge in [0.05, 0.1) is 6.61 Å². The SMILES string of the molecule is C[C@@H](CNC(=O)[C@@H]1OC(C)(C)OCC1(C)C)CC(=O)c1ccc(F)c(F)c1. The fourth-order valence-corrected chi connectivity index (χ4v) is 2.86. The summed E-state index contributed by atoms with van der Waals surface area (Å²) in [5, 5.41) is 2.82. The summed E-state index contributed by atoms with van der Waals surface area (Å²) in [5.74, 6) is -3.63. The van der Waals surface area contributed by atoms with Gasteiger partial charge < -0.3 is 14.8 Å². The summed E-state index contributed by atoms with van der Waals surface area (Å²) < 4.78 is 37.6. The maximum Gasteiger partial charge on any atom is 0.249 e. The molecule has 2 rings (SSSR count). The van der Waals surface area contributed by atoms with Gasteiger partial charge in [-0.1, -0.05) is 20.8 Å². The molecule has 0 spiro atoms. The van der Waals surface area contributed by atoms with E-state index in [-0.39, 0.29) is 36.1 Å². The fraction of sp³-hybridized carbons (Fsp3) is 0.600. The number of hydrogen-bond acceptors (Lipinski definition) is 4. The normalized spacial score (nSPS) is 22.1. The van der Waals surface area contributed by atoms with Gasteiger partial charge in [-0.25, -0.2) is 8.78 Å². The van der Waals surface area contributed by atoms with E-state index in [1.807, 2.05) is 13.8 Å². The number of benzene rings is 1. The van der Waals surface area contributed by atoms with Gasteiger partial charge in [-0.15, -0.1) is 0 Å². The topological polar surface area (TPSA) is 64.6 Å². The van der Waals surface area contributed by atoms with Crippen LogP contribution in [0.15, 0.2) is 18.2 Å². The minimum absolute atomic E-state index is 0.106. The molecule has 0 saturated carbocycles. The van der Waals surface area contributed by atoms with Gasteiger partial charge in [0.1, 0.15) is 6.10 Å². The average molecular weight is 383 g/mol. The van der Waals surface area contributed by atoms with E-state index in [1.165, 1.54) is 6.07 Å². The Morgan fingerprint density at radius 1 is 1.22 bits per heavy atom. The molecule has 1 aliphatic heterocycles. The van der Waals surface area contributed by atoms with Crippen molar-refractivity contribution in [1.29, 1.82) is 0 Å². The lowest BCUT2D eigenvalue weighted by Gasteiger charge is -2.44. The van der Waals surface area contributed by atoms with Crippen molar-refractivity contribution < 1.29 is 27.8 Å². The van der Waals surface area contributed by atoms with Gasteiger partial charge >= 0.3 is 0 Å². The van der Waals surface area contributed by atoms with E-state index < -0.39 is 28.9 Å². The molecule has 0 aromatic heterocycles. The second-order valence-electron chi connectivity index (χ2n) is 8.28. The van der Waals surface area contributed by atoms with Crippen molar-refractivity contribution in [3.05, 3.63) is 35.4 Å².